The molecule has 3 heterocycles. The van der Waals surface area contributed by atoms with Crippen LogP contribution in [0.25, 0.3) is 0 Å². The number of likely N-dealkylation sites (tertiary alicyclic amines) is 1. The second-order valence-electron chi connectivity index (χ2n) is 8.60. The largest absolute Gasteiger partial charge is 0.384 e. The quantitative estimate of drug-likeness (QED) is 0.433. The molecular weight excluding hydrogens is 421 g/mol. The first-order valence-electron chi connectivity index (χ1n) is 10.5. The van der Waals surface area contributed by atoms with E-state index < -0.39 is 47.1 Å². The SMILES string of the molecule is N=C(N)c1cc(F)c([C@@H]2[C@@H]3C(=O)N(Cc4ccc(F)cc4)C(=O)[C@@H]3[C@H]3CCCN32)c(F)c1. The monoisotopic (exact) mass is 442 g/mol. The Labute approximate surface area is 182 Å². The minimum Gasteiger partial charge on any atom is -0.384 e. The van der Waals surface area contributed by atoms with E-state index in [0.717, 1.165) is 23.5 Å². The van der Waals surface area contributed by atoms with E-state index in [9.17, 15) is 14.0 Å². The van der Waals surface area contributed by atoms with E-state index in [0.29, 0.717) is 18.5 Å². The number of nitrogen functional groups attached to an aromatic ring is 1. The van der Waals surface area contributed by atoms with Crippen molar-refractivity contribution in [2.45, 2.75) is 31.5 Å². The molecule has 0 aliphatic carbocycles. The van der Waals surface area contributed by atoms with Gasteiger partial charge in [-0.1, -0.05) is 12.1 Å². The van der Waals surface area contributed by atoms with Crippen LogP contribution in [0.15, 0.2) is 36.4 Å². The molecule has 166 valence electrons. The number of nitrogens with one attached hydrogen (secondary N) is 1. The summed E-state index contributed by atoms with van der Waals surface area (Å²) in [6.07, 6.45) is 1.43. The highest BCUT2D eigenvalue weighted by Crippen LogP contribution is 2.54. The van der Waals surface area contributed by atoms with Crippen molar-refractivity contribution in [2.24, 2.45) is 17.6 Å². The Bertz CT molecular complexity index is 1110. The molecule has 4 atom stereocenters. The molecule has 3 fully saturated rings. The first-order valence-corrected chi connectivity index (χ1v) is 10.5. The lowest BCUT2D eigenvalue weighted by molar-refractivity contribution is -0.142. The molecule has 3 saturated heterocycles. The Hall–Kier alpha value is -3.20. The number of nitrogens with zero attached hydrogens (tertiary/aromatic N) is 2. The number of carbonyl (C=O) groups is 2. The molecule has 5 rings (SSSR count). The third kappa shape index (κ3) is 3.02. The Kier molecular flexibility index (Phi) is 4.81. The first kappa shape index (κ1) is 20.7. The lowest BCUT2D eigenvalue weighted by atomic mass is 9.84. The molecule has 6 nitrogen and oxygen atoms in total. The molecule has 32 heavy (non-hydrogen) atoms. The van der Waals surface area contributed by atoms with Crippen LogP contribution in [0.2, 0.25) is 0 Å². The number of hydrogen-bond donors (Lipinski definition) is 2. The summed E-state index contributed by atoms with van der Waals surface area (Å²) in [4.78, 5) is 29.7. The van der Waals surface area contributed by atoms with Crippen molar-refractivity contribution in [3.05, 3.63) is 70.5 Å². The van der Waals surface area contributed by atoms with Gasteiger partial charge in [0.05, 0.1) is 24.4 Å². The van der Waals surface area contributed by atoms with Crippen LogP contribution in [0.4, 0.5) is 13.2 Å². The van der Waals surface area contributed by atoms with Crippen molar-refractivity contribution in [2.75, 3.05) is 6.54 Å². The molecule has 2 aromatic carbocycles. The molecule has 0 aromatic heterocycles. The van der Waals surface area contributed by atoms with Crippen LogP contribution < -0.4 is 5.73 Å². The van der Waals surface area contributed by atoms with Crippen LogP contribution in [-0.4, -0.2) is 40.0 Å². The van der Waals surface area contributed by atoms with Gasteiger partial charge in [-0.2, -0.15) is 0 Å². The molecule has 3 aliphatic rings. The van der Waals surface area contributed by atoms with Crippen LogP contribution >= 0.6 is 0 Å². The Morgan fingerprint density at radius 2 is 1.66 bits per heavy atom. The number of benzene rings is 2. The van der Waals surface area contributed by atoms with Crippen LogP contribution in [-0.2, 0) is 16.1 Å². The number of imide groups is 1. The minimum atomic E-state index is -0.914. The first-order chi connectivity index (χ1) is 15.3. The maximum Gasteiger partial charge on any atom is 0.235 e. The van der Waals surface area contributed by atoms with Crippen LogP contribution in [0.3, 0.4) is 0 Å². The van der Waals surface area contributed by atoms with Gasteiger partial charge in [0.1, 0.15) is 23.3 Å². The van der Waals surface area contributed by atoms with Crippen molar-refractivity contribution in [3.8, 4) is 0 Å². The summed E-state index contributed by atoms with van der Waals surface area (Å²) < 4.78 is 43.4. The van der Waals surface area contributed by atoms with Gasteiger partial charge in [0.2, 0.25) is 11.8 Å². The summed E-state index contributed by atoms with van der Waals surface area (Å²) in [5, 5.41) is 7.45. The van der Waals surface area contributed by atoms with E-state index in [2.05, 4.69) is 0 Å². The van der Waals surface area contributed by atoms with Crippen molar-refractivity contribution < 1.29 is 22.8 Å². The van der Waals surface area contributed by atoms with Crippen molar-refractivity contribution >= 4 is 17.6 Å². The fourth-order valence-corrected chi connectivity index (χ4v) is 5.56. The predicted octanol–water partition coefficient (Wildman–Crippen LogP) is 2.71. The molecule has 3 aliphatic heterocycles. The highest BCUT2D eigenvalue weighted by atomic mass is 19.1. The van der Waals surface area contributed by atoms with Crippen molar-refractivity contribution in [3.63, 3.8) is 0 Å². The average Bonchev–Trinajstić information content (AvgIpc) is 3.38. The molecule has 0 saturated carbocycles. The summed E-state index contributed by atoms with van der Waals surface area (Å²) in [7, 11) is 0. The second-order valence-corrected chi connectivity index (χ2v) is 8.60. The summed E-state index contributed by atoms with van der Waals surface area (Å²) >= 11 is 0. The van der Waals surface area contributed by atoms with Gasteiger partial charge in [-0.25, -0.2) is 13.2 Å². The Morgan fingerprint density at radius 3 is 2.28 bits per heavy atom. The summed E-state index contributed by atoms with van der Waals surface area (Å²) in [5.41, 5.74) is 5.63. The van der Waals surface area contributed by atoms with E-state index in [-0.39, 0.29) is 29.6 Å². The van der Waals surface area contributed by atoms with E-state index in [1.54, 1.807) is 0 Å². The number of hydrogen-bond acceptors (Lipinski definition) is 4. The normalized spacial score (nSPS) is 27.2. The van der Waals surface area contributed by atoms with Crippen LogP contribution in [0, 0.1) is 34.7 Å². The molecular formula is C23H21F3N4O2. The predicted molar refractivity (Wildman–Crippen MR) is 109 cm³/mol. The number of rotatable bonds is 4. The zero-order chi connectivity index (χ0) is 22.7. The summed E-state index contributed by atoms with van der Waals surface area (Å²) in [5.74, 6) is -5.07. The number of carbonyl (C=O) groups excluding carboxylic acids is 2. The van der Waals surface area contributed by atoms with Gasteiger partial charge in [0.15, 0.2) is 0 Å². The van der Waals surface area contributed by atoms with E-state index in [4.69, 9.17) is 11.1 Å². The second kappa shape index (κ2) is 7.44. The van der Waals surface area contributed by atoms with E-state index in [1.165, 1.54) is 24.3 Å². The molecule has 0 spiro atoms. The van der Waals surface area contributed by atoms with E-state index >= 15 is 8.78 Å². The van der Waals surface area contributed by atoms with E-state index in [1.807, 2.05) is 4.90 Å². The topological polar surface area (TPSA) is 90.5 Å². The number of amides is 2. The summed E-state index contributed by atoms with van der Waals surface area (Å²) in [6.45, 7) is 0.521. The lowest BCUT2D eigenvalue weighted by Crippen LogP contribution is -2.39. The minimum absolute atomic E-state index is 0.0153. The van der Waals surface area contributed by atoms with Gasteiger partial charge in [0.25, 0.3) is 0 Å². The highest BCUT2D eigenvalue weighted by molar-refractivity contribution is 6.06. The molecule has 3 N–H and O–H groups in total. The van der Waals surface area contributed by atoms with Gasteiger partial charge in [-0.15, -0.1) is 0 Å². The maximum atomic E-state index is 15.1. The van der Waals surface area contributed by atoms with Crippen molar-refractivity contribution in [1.29, 1.82) is 5.41 Å². The highest BCUT2D eigenvalue weighted by Gasteiger charge is 2.63. The number of halogens is 3. The molecule has 0 radical (unpaired) electrons. The van der Waals surface area contributed by atoms with Crippen LogP contribution in [0.1, 0.15) is 35.6 Å². The Balaban J connectivity index is 1.54. The standard InChI is InChI=1S/C23H21F3N4O2/c24-13-5-3-11(4-6-13)10-30-22(31)18-16-2-1-7-29(16)20(19(18)23(30)32)17-14(25)8-12(21(27)28)9-15(17)26/h3-6,8-9,16,18-20H,1-2,7,10H2,(H3,27,28)/t16-,18-,19-,20-/m1/s1. The van der Waals surface area contributed by atoms with Crippen LogP contribution in [0.5, 0.6) is 0 Å². The molecule has 2 amide bonds. The van der Waals surface area contributed by atoms with Crippen molar-refractivity contribution in [1.82, 2.24) is 9.80 Å². The van der Waals surface area contributed by atoms with Gasteiger partial charge < -0.3 is 5.73 Å². The molecule has 0 bridgehead atoms. The third-order valence-corrected chi connectivity index (χ3v) is 6.88. The smallest absolute Gasteiger partial charge is 0.235 e. The zero-order valence-electron chi connectivity index (χ0n) is 17.0. The molecule has 0 unspecified atom stereocenters. The fourth-order valence-electron chi connectivity index (χ4n) is 5.56. The van der Waals surface area contributed by atoms with Gasteiger partial charge >= 0.3 is 0 Å². The third-order valence-electron chi connectivity index (χ3n) is 6.88. The number of amidine groups is 1. The van der Waals surface area contributed by atoms with Gasteiger partial charge in [-0.3, -0.25) is 24.8 Å². The average molecular weight is 442 g/mol. The maximum absolute atomic E-state index is 15.1. The zero-order valence-corrected chi connectivity index (χ0v) is 17.0. The lowest BCUT2D eigenvalue weighted by Gasteiger charge is -2.29. The van der Waals surface area contributed by atoms with Gasteiger partial charge in [-0.05, 0) is 49.2 Å². The number of nitrogens with two attached hydrogens (primary N) is 1. The number of fused-ring (bicyclic) bond motifs is 3. The fraction of sp³-hybridized carbons (Fsp3) is 0.348. The molecule has 2 aromatic rings. The van der Waals surface area contributed by atoms with Gasteiger partial charge in [0, 0.05) is 17.2 Å². The Morgan fingerprint density at radius 1 is 1.03 bits per heavy atom. The summed E-state index contributed by atoms with van der Waals surface area (Å²) in [6, 6.07) is 6.32. The molecule has 9 heteroatoms.